The van der Waals surface area contributed by atoms with Crippen molar-refractivity contribution >= 4 is 5.91 Å². The molecule has 2 saturated heterocycles. The van der Waals surface area contributed by atoms with Crippen LogP contribution in [0.4, 0.5) is 0 Å². The highest BCUT2D eigenvalue weighted by Crippen LogP contribution is 2.14. The van der Waals surface area contributed by atoms with E-state index in [4.69, 9.17) is 4.74 Å². The molecule has 2 rings (SSSR count). The Hall–Kier alpha value is -0.650. The molecule has 2 aliphatic rings. The predicted octanol–water partition coefficient (Wildman–Crippen LogP) is -0.262. The molecule has 2 fully saturated rings. The molecule has 0 aromatic heterocycles. The number of hydrogen-bond acceptors (Lipinski definition) is 4. The number of amides is 1. The van der Waals surface area contributed by atoms with Crippen LogP contribution in [0, 0.1) is 5.92 Å². The molecule has 2 atom stereocenters. The van der Waals surface area contributed by atoms with Crippen molar-refractivity contribution in [2.75, 3.05) is 32.8 Å². The fourth-order valence-electron chi connectivity index (χ4n) is 2.14. The highest BCUT2D eigenvalue weighted by atomic mass is 16.5. The topological polar surface area (TPSA) is 53.6 Å². The van der Waals surface area contributed by atoms with Crippen LogP contribution in [0.25, 0.3) is 0 Å². The smallest absolute Gasteiger partial charge is 0.238 e. The van der Waals surface area contributed by atoms with Crippen molar-refractivity contribution in [1.29, 1.82) is 0 Å². The summed E-state index contributed by atoms with van der Waals surface area (Å²) in [5, 5.41) is 5.31. The largest absolute Gasteiger partial charge is 0.379 e. The van der Waals surface area contributed by atoms with Crippen LogP contribution in [0.2, 0.25) is 0 Å². The first-order valence-electron chi connectivity index (χ1n) is 6.12. The summed E-state index contributed by atoms with van der Waals surface area (Å²) in [7, 11) is 0. The minimum absolute atomic E-state index is 0.124. The average Bonchev–Trinajstić information content (AvgIpc) is 2.31. The summed E-state index contributed by atoms with van der Waals surface area (Å²) in [6.45, 7) is 5.97. The van der Waals surface area contributed by atoms with Gasteiger partial charge in [0, 0.05) is 25.7 Å². The molecule has 0 aromatic rings. The van der Waals surface area contributed by atoms with Crippen LogP contribution in [-0.4, -0.2) is 49.8 Å². The summed E-state index contributed by atoms with van der Waals surface area (Å²) in [5.74, 6) is 0.278. The van der Waals surface area contributed by atoms with E-state index in [1.165, 1.54) is 0 Å². The summed E-state index contributed by atoms with van der Waals surface area (Å²) < 4.78 is 5.24. The fraction of sp³-hybridized carbons (Fsp3) is 0.909. The molecular weight excluding hydrogens is 206 g/mol. The van der Waals surface area contributed by atoms with Crippen molar-refractivity contribution in [2.45, 2.75) is 25.8 Å². The zero-order chi connectivity index (χ0) is 11.4. The number of rotatable bonds is 2. The van der Waals surface area contributed by atoms with Gasteiger partial charge in [-0.2, -0.15) is 0 Å². The number of carbonyl (C=O) groups is 1. The fourth-order valence-corrected chi connectivity index (χ4v) is 2.14. The van der Waals surface area contributed by atoms with Gasteiger partial charge in [-0.25, -0.2) is 5.01 Å². The maximum Gasteiger partial charge on any atom is 0.238 e. The summed E-state index contributed by atoms with van der Waals surface area (Å²) in [6.07, 6.45) is 2.07. The molecule has 0 aromatic carbocycles. The summed E-state index contributed by atoms with van der Waals surface area (Å²) in [6, 6.07) is 0.549. The number of ether oxygens (including phenoxy) is 1. The van der Waals surface area contributed by atoms with Crippen molar-refractivity contribution < 1.29 is 9.53 Å². The molecule has 0 aliphatic carbocycles. The van der Waals surface area contributed by atoms with Crippen molar-refractivity contribution in [1.82, 2.24) is 15.8 Å². The standard InChI is InChI=1S/C11H21N3O2/c1-9-2-3-10(8-12-9)11(15)13-14-4-6-16-7-5-14/h9-10,12H,2-8H2,1H3,(H,13,15). The summed E-state index contributed by atoms with van der Waals surface area (Å²) >= 11 is 0. The Kier molecular flexibility index (Phi) is 4.15. The van der Waals surface area contributed by atoms with Crippen LogP contribution < -0.4 is 10.7 Å². The van der Waals surface area contributed by atoms with E-state index in [2.05, 4.69) is 17.7 Å². The second kappa shape index (κ2) is 5.61. The quantitative estimate of drug-likeness (QED) is 0.682. The van der Waals surface area contributed by atoms with Gasteiger partial charge < -0.3 is 10.1 Å². The van der Waals surface area contributed by atoms with Gasteiger partial charge in [0.25, 0.3) is 0 Å². The molecule has 0 saturated carbocycles. The second-order valence-electron chi connectivity index (χ2n) is 4.66. The van der Waals surface area contributed by atoms with Crippen molar-refractivity contribution in [3.05, 3.63) is 0 Å². The van der Waals surface area contributed by atoms with Gasteiger partial charge in [-0.3, -0.25) is 10.2 Å². The Balaban J connectivity index is 1.74. The van der Waals surface area contributed by atoms with E-state index in [1.54, 1.807) is 0 Å². The van der Waals surface area contributed by atoms with E-state index in [0.29, 0.717) is 19.3 Å². The first-order valence-corrected chi connectivity index (χ1v) is 6.12. The molecule has 2 unspecified atom stereocenters. The van der Waals surface area contributed by atoms with Crippen LogP contribution >= 0.6 is 0 Å². The lowest BCUT2D eigenvalue weighted by Crippen LogP contribution is -2.52. The van der Waals surface area contributed by atoms with E-state index < -0.39 is 0 Å². The molecular formula is C11H21N3O2. The Morgan fingerprint density at radius 3 is 2.75 bits per heavy atom. The molecule has 0 spiro atoms. The summed E-state index contributed by atoms with van der Waals surface area (Å²) in [4.78, 5) is 11.9. The predicted molar refractivity (Wildman–Crippen MR) is 60.7 cm³/mol. The molecule has 16 heavy (non-hydrogen) atoms. The van der Waals surface area contributed by atoms with Gasteiger partial charge >= 0.3 is 0 Å². The Labute approximate surface area is 96.5 Å². The van der Waals surface area contributed by atoms with Crippen LogP contribution in [0.15, 0.2) is 0 Å². The summed E-state index contributed by atoms with van der Waals surface area (Å²) in [5.41, 5.74) is 2.98. The molecule has 5 nitrogen and oxygen atoms in total. The highest BCUT2D eigenvalue weighted by Gasteiger charge is 2.25. The van der Waals surface area contributed by atoms with Crippen LogP contribution in [0.1, 0.15) is 19.8 Å². The zero-order valence-electron chi connectivity index (χ0n) is 9.87. The Morgan fingerprint density at radius 1 is 1.38 bits per heavy atom. The third-order valence-electron chi connectivity index (χ3n) is 3.31. The van der Waals surface area contributed by atoms with E-state index in [9.17, 15) is 4.79 Å². The van der Waals surface area contributed by atoms with Crippen LogP contribution in [0.5, 0.6) is 0 Å². The maximum atomic E-state index is 11.9. The minimum atomic E-state index is 0.124. The third-order valence-corrected chi connectivity index (χ3v) is 3.31. The average molecular weight is 227 g/mol. The zero-order valence-corrected chi connectivity index (χ0v) is 9.87. The monoisotopic (exact) mass is 227 g/mol. The molecule has 0 radical (unpaired) electrons. The molecule has 2 aliphatic heterocycles. The molecule has 2 N–H and O–H groups in total. The van der Waals surface area contributed by atoms with Crippen LogP contribution in [-0.2, 0) is 9.53 Å². The molecule has 92 valence electrons. The van der Waals surface area contributed by atoms with Crippen molar-refractivity contribution in [2.24, 2.45) is 5.92 Å². The van der Waals surface area contributed by atoms with Gasteiger partial charge in [0.05, 0.1) is 19.1 Å². The van der Waals surface area contributed by atoms with Gasteiger partial charge in [-0.15, -0.1) is 0 Å². The number of hydrogen-bond donors (Lipinski definition) is 2. The van der Waals surface area contributed by atoms with Crippen molar-refractivity contribution in [3.63, 3.8) is 0 Å². The van der Waals surface area contributed by atoms with Gasteiger partial charge in [-0.1, -0.05) is 0 Å². The number of hydrazine groups is 1. The Bertz CT molecular complexity index is 233. The normalized spacial score (nSPS) is 32.3. The van der Waals surface area contributed by atoms with Gasteiger partial charge in [0.2, 0.25) is 5.91 Å². The molecule has 5 heteroatoms. The van der Waals surface area contributed by atoms with E-state index in [-0.39, 0.29) is 11.8 Å². The highest BCUT2D eigenvalue weighted by molar-refractivity contribution is 5.78. The van der Waals surface area contributed by atoms with E-state index in [1.807, 2.05) is 5.01 Å². The van der Waals surface area contributed by atoms with Gasteiger partial charge in [-0.05, 0) is 19.8 Å². The lowest BCUT2D eigenvalue weighted by Gasteiger charge is -2.31. The second-order valence-corrected chi connectivity index (χ2v) is 4.66. The molecule has 1 amide bonds. The number of carbonyl (C=O) groups excluding carboxylic acids is 1. The van der Waals surface area contributed by atoms with Crippen LogP contribution in [0.3, 0.4) is 0 Å². The minimum Gasteiger partial charge on any atom is -0.379 e. The van der Waals surface area contributed by atoms with E-state index in [0.717, 1.165) is 32.5 Å². The number of piperidine rings is 1. The number of morpholine rings is 1. The SMILES string of the molecule is CC1CCC(C(=O)NN2CCOCC2)CN1. The van der Waals surface area contributed by atoms with Crippen molar-refractivity contribution in [3.8, 4) is 0 Å². The number of nitrogens with zero attached hydrogens (tertiary/aromatic N) is 1. The van der Waals surface area contributed by atoms with Gasteiger partial charge in [0.15, 0.2) is 0 Å². The van der Waals surface area contributed by atoms with E-state index >= 15 is 0 Å². The number of nitrogens with one attached hydrogen (secondary N) is 2. The molecule has 2 heterocycles. The lowest BCUT2D eigenvalue weighted by atomic mass is 9.95. The Morgan fingerprint density at radius 2 is 2.12 bits per heavy atom. The maximum absolute atomic E-state index is 11.9. The molecule has 0 bridgehead atoms. The van der Waals surface area contributed by atoms with Gasteiger partial charge in [0.1, 0.15) is 0 Å². The first-order chi connectivity index (χ1) is 7.75. The lowest BCUT2D eigenvalue weighted by molar-refractivity contribution is -0.132. The first kappa shape index (κ1) is 11.8. The third kappa shape index (κ3) is 3.17.